The number of alkyl carbamates (subject to hydrolysis) is 1. The van der Waals surface area contributed by atoms with Crippen LogP contribution in [0.15, 0.2) is 48.5 Å². The van der Waals surface area contributed by atoms with Crippen molar-refractivity contribution in [1.82, 2.24) is 10.2 Å². The Balaban J connectivity index is 1.24. The van der Waals surface area contributed by atoms with Gasteiger partial charge in [-0.2, -0.15) is 0 Å². The molecule has 1 saturated heterocycles. The molecule has 7 nitrogen and oxygen atoms in total. The molecule has 8 heteroatoms. The molecule has 1 saturated carbocycles. The number of amides is 2. The first-order chi connectivity index (χ1) is 16.4. The van der Waals surface area contributed by atoms with Crippen LogP contribution in [0.25, 0.3) is 11.1 Å². The molecule has 2 N–H and O–H groups in total. The molecule has 178 valence electrons. The topological polar surface area (TPSA) is 95.9 Å². The van der Waals surface area contributed by atoms with E-state index in [9.17, 15) is 19.5 Å². The lowest BCUT2D eigenvalue weighted by molar-refractivity contribution is -0.149. The number of hydrogen-bond acceptors (Lipinski definition) is 5. The molecule has 2 unspecified atom stereocenters. The van der Waals surface area contributed by atoms with E-state index in [1.54, 1.807) is 0 Å². The highest BCUT2D eigenvalue weighted by Gasteiger charge is 2.46. The summed E-state index contributed by atoms with van der Waals surface area (Å²) in [6.07, 6.45) is 1.81. The molecule has 34 heavy (non-hydrogen) atoms. The molecule has 5 rings (SSSR count). The maximum absolute atomic E-state index is 13.1. The number of carboxylic acids is 1. The van der Waals surface area contributed by atoms with Gasteiger partial charge in [-0.1, -0.05) is 48.5 Å². The summed E-state index contributed by atoms with van der Waals surface area (Å²) in [5, 5.41) is 12.2. The molecule has 0 spiro atoms. The Hall–Kier alpha value is -3.00. The number of ether oxygens (including phenoxy) is 1. The standard InChI is InChI=1S/C26H28N2O5S/c1-16-28(22(15-34-16)24(30)31)23(29)13-26(11-6-12-26)27-25(32)33-14-21-19-9-4-2-7-17(19)18-8-3-5-10-20(18)21/h2-5,7-10,16,21-22H,6,11-15H2,1H3,(H,27,32)(H,30,31). The third-order valence-corrected chi connectivity index (χ3v) is 8.52. The number of benzene rings is 2. The first kappa shape index (κ1) is 22.8. The Morgan fingerprint density at radius 2 is 1.71 bits per heavy atom. The zero-order valence-electron chi connectivity index (χ0n) is 19.0. The molecule has 0 radical (unpaired) electrons. The summed E-state index contributed by atoms with van der Waals surface area (Å²) in [6, 6.07) is 15.5. The van der Waals surface area contributed by atoms with Gasteiger partial charge < -0.3 is 20.1 Å². The van der Waals surface area contributed by atoms with Crippen LogP contribution in [0, 0.1) is 0 Å². The molecular formula is C26H28N2O5S. The van der Waals surface area contributed by atoms with E-state index >= 15 is 0 Å². The molecular weight excluding hydrogens is 452 g/mol. The molecule has 2 aromatic rings. The number of rotatable bonds is 6. The van der Waals surface area contributed by atoms with Crippen LogP contribution in [0.2, 0.25) is 0 Å². The predicted molar refractivity (Wildman–Crippen MR) is 130 cm³/mol. The summed E-state index contributed by atoms with van der Waals surface area (Å²) in [6.45, 7) is 2.06. The van der Waals surface area contributed by atoms with Crippen molar-refractivity contribution in [2.45, 2.75) is 55.5 Å². The van der Waals surface area contributed by atoms with Gasteiger partial charge >= 0.3 is 12.1 Å². The second-order valence-corrected chi connectivity index (χ2v) is 10.7. The molecule has 2 fully saturated rings. The van der Waals surface area contributed by atoms with Crippen molar-refractivity contribution in [1.29, 1.82) is 0 Å². The van der Waals surface area contributed by atoms with Crippen LogP contribution >= 0.6 is 11.8 Å². The summed E-state index contributed by atoms with van der Waals surface area (Å²) < 4.78 is 5.69. The molecule has 2 aromatic carbocycles. The van der Waals surface area contributed by atoms with Gasteiger partial charge in [0.15, 0.2) is 0 Å². The number of carboxylic acid groups (broad SMARTS) is 1. The molecule has 2 atom stereocenters. The van der Waals surface area contributed by atoms with Crippen LogP contribution in [0.1, 0.15) is 49.7 Å². The highest BCUT2D eigenvalue weighted by molar-refractivity contribution is 8.00. The number of fused-ring (bicyclic) bond motifs is 3. The molecule has 3 aliphatic rings. The van der Waals surface area contributed by atoms with E-state index in [-0.39, 0.29) is 30.2 Å². The van der Waals surface area contributed by atoms with Gasteiger partial charge in [-0.25, -0.2) is 9.59 Å². The summed E-state index contributed by atoms with van der Waals surface area (Å²) in [5.41, 5.74) is 3.95. The third kappa shape index (κ3) is 4.04. The minimum atomic E-state index is -0.989. The minimum Gasteiger partial charge on any atom is -0.480 e. The minimum absolute atomic E-state index is 0.0316. The van der Waals surface area contributed by atoms with Gasteiger partial charge in [0, 0.05) is 11.7 Å². The maximum atomic E-state index is 13.1. The summed E-state index contributed by atoms with van der Waals surface area (Å²) in [7, 11) is 0. The first-order valence-corrected chi connectivity index (χ1v) is 12.7. The van der Waals surface area contributed by atoms with Crippen LogP contribution in [-0.2, 0) is 14.3 Å². The lowest BCUT2D eigenvalue weighted by atomic mass is 9.74. The Bertz CT molecular complexity index is 1090. The summed E-state index contributed by atoms with van der Waals surface area (Å²) in [5.74, 6) is -0.869. The van der Waals surface area contributed by atoms with Crippen molar-refractivity contribution in [2.75, 3.05) is 12.4 Å². The Labute approximate surface area is 202 Å². The van der Waals surface area contributed by atoms with E-state index in [2.05, 4.69) is 29.6 Å². The summed E-state index contributed by atoms with van der Waals surface area (Å²) in [4.78, 5) is 38.9. The zero-order valence-corrected chi connectivity index (χ0v) is 19.8. The van der Waals surface area contributed by atoms with Crippen LogP contribution in [0.3, 0.4) is 0 Å². The summed E-state index contributed by atoms with van der Waals surface area (Å²) >= 11 is 1.46. The highest BCUT2D eigenvalue weighted by Crippen LogP contribution is 2.44. The first-order valence-electron chi connectivity index (χ1n) is 11.7. The van der Waals surface area contributed by atoms with Gasteiger partial charge in [0.25, 0.3) is 0 Å². The quantitative estimate of drug-likeness (QED) is 0.643. The van der Waals surface area contributed by atoms with Crippen molar-refractivity contribution in [3.8, 4) is 11.1 Å². The lowest BCUT2D eigenvalue weighted by Crippen LogP contribution is -2.57. The van der Waals surface area contributed by atoms with Gasteiger partial charge in [-0.15, -0.1) is 11.8 Å². The highest BCUT2D eigenvalue weighted by atomic mass is 32.2. The monoisotopic (exact) mass is 480 g/mol. The molecule has 1 aliphatic heterocycles. The molecule has 0 aromatic heterocycles. The van der Waals surface area contributed by atoms with Crippen molar-refractivity contribution in [3.63, 3.8) is 0 Å². The Morgan fingerprint density at radius 3 is 2.26 bits per heavy atom. The average Bonchev–Trinajstić information content (AvgIpc) is 3.34. The van der Waals surface area contributed by atoms with Crippen LogP contribution in [0.5, 0.6) is 0 Å². The number of thioether (sulfide) groups is 1. The zero-order chi connectivity index (χ0) is 23.9. The second-order valence-electron chi connectivity index (χ2n) is 9.35. The van der Waals surface area contributed by atoms with Crippen LogP contribution < -0.4 is 5.32 Å². The van der Waals surface area contributed by atoms with Gasteiger partial charge in [0.2, 0.25) is 5.91 Å². The van der Waals surface area contributed by atoms with Gasteiger partial charge in [-0.05, 0) is 48.4 Å². The number of nitrogens with zero attached hydrogens (tertiary/aromatic N) is 1. The van der Waals surface area contributed by atoms with Crippen molar-refractivity contribution in [3.05, 3.63) is 59.7 Å². The van der Waals surface area contributed by atoms with E-state index in [1.165, 1.54) is 27.8 Å². The fraction of sp³-hybridized carbons (Fsp3) is 0.423. The third-order valence-electron chi connectivity index (χ3n) is 7.31. The van der Waals surface area contributed by atoms with E-state index in [4.69, 9.17) is 4.74 Å². The van der Waals surface area contributed by atoms with Crippen LogP contribution in [0.4, 0.5) is 4.79 Å². The number of nitrogens with one attached hydrogen (secondary N) is 1. The second kappa shape index (κ2) is 8.98. The SMILES string of the molecule is CC1SCC(C(=O)O)N1C(=O)CC1(NC(=O)OCC2c3ccccc3-c3ccccc32)CCC1. The normalized spacial score (nSPS) is 22.4. The predicted octanol–water partition coefficient (Wildman–Crippen LogP) is 4.21. The molecule has 2 amide bonds. The smallest absolute Gasteiger partial charge is 0.407 e. The van der Waals surface area contributed by atoms with E-state index in [0.717, 1.165) is 17.5 Å². The molecule has 2 aliphatic carbocycles. The largest absolute Gasteiger partial charge is 0.480 e. The number of carbonyl (C=O) groups excluding carboxylic acids is 2. The van der Waals surface area contributed by atoms with Gasteiger partial charge in [0.05, 0.1) is 17.3 Å². The Morgan fingerprint density at radius 1 is 1.09 bits per heavy atom. The van der Waals surface area contributed by atoms with Crippen molar-refractivity contribution < 1.29 is 24.2 Å². The maximum Gasteiger partial charge on any atom is 0.407 e. The van der Waals surface area contributed by atoms with Crippen molar-refractivity contribution >= 4 is 29.7 Å². The number of hydrogen-bond donors (Lipinski definition) is 2. The van der Waals surface area contributed by atoms with Gasteiger partial charge in [0.1, 0.15) is 12.6 Å². The average molecular weight is 481 g/mol. The van der Waals surface area contributed by atoms with Crippen LogP contribution in [-0.4, -0.2) is 57.3 Å². The fourth-order valence-corrected chi connectivity index (χ4v) is 6.58. The van der Waals surface area contributed by atoms with Crippen molar-refractivity contribution in [2.24, 2.45) is 0 Å². The Kier molecular flexibility index (Phi) is 6.02. The fourth-order valence-electron chi connectivity index (χ4n) is 5.39. The lowest BCUT2D eigenvalue weighted by Gasteiger charge is -2.43. The van der Waals surface area contributed by atoms with Gasteiger partial charge in [-0.3, -0.25) is 4.79 Å². The van der Waals surface area contributed by atoms with E-state index in [1.807, 2.05) is 31.2 Å². The van der Waals surface area contributed by atoms with E-state index in [0.29, 0.717) is 18.6 Å². The molecule has 0 bridgehead atoms. The molecule has 1 heterocycles. The number of aliphatic carboxylic acids is 1. The number of carbonyl (C=O) groups is 3. The van der Waals surface area contributed by atoms with E-state index < -0.39 is 23.6 Å².